The zero-order valence-corrected chi connectivity index (χ0v) is 18.9. The van der Waals surface area contributed by atoms with Crippen molar-refractivity contribution in [2.75, 3.05) is 45.7 Å². The van der Waals surface area contributed by atoms with E-state index in [1.165, 1.54) is 19.2 Å². The molecule has 1 saturated heterocycles. The van der Waals surface area contributed by atoms with Gasteiger partial charge in [-0.25, -0.2) is 0 Å². The lowest BCUT2D eigenvalue weighted by Gasteiger charge is -2.32. The minimum absolute atomic E-state index is 0.0607. The van der Waals surface area contributed by atoms with Crippen LogP contribution in [0.1, 0.15) is 40.7 Å². The molecule has 2 aromatic carbocycles. The number of ether oxygens (including phenoxy) is 1. The lowest BCUT2D eigenvalue weighted by Crippen LogP contribution is -2.47. The summed E-state index contributed by atoms with van der Waals surface area (Å²) in [6.45, 7) is 4.63. The Morgan fingerprint density at radius 3 is 2.27 bits per heavy atom. The standard InChI is InChI=1S/C24H28F3N3O3/c1-16(17-4-7-19(8-5-17)24(25,26)27)14-22(31)28-20-15-18(6-9-21(20)33-3)23(32)30-12-10-29(2)11-13-30/h4-9,15-16H,10-14H2,1-3H3,(H,28,31). The molecule has 6 nitrogen and oxygen atoms in total. The van der Waals surface area contributed by atoms with Gasteiger partial charge in [0.05, 0.1) is 18.4 Å². The van der Waals surface area contributed by atoms with Gasteiger partial charge in [-0.05, 0) is 48.9 Å². The molecule has 0 aromatic heterocycles. The fraction of sp³-hybridized carbons (Fsp3) is 0.417. The maximum atomic E-state index is 12.9. The summed E-state index contributed by atoms with van der Waals surface area (Å²) in [6.07, 6.45) is -4.34. The van der Waals surface area contributed by atoms with Crippen LogP contribution in [0.5, 0.6) is 5.75 Å². The zero-order valence-electron chi connectivity index (χ0n) is 18.9. The number of nitrogens with zero attached hydrogens (tertiary/aromatic N) is 2. The molecular weight excluding hydrogens is 435 g/mol. The first kappa shape index (κ1) is 24.6. The van der Waals surface area contributed by atoms with E-state index in [1.807, 2.05) is 7.05 Å². The Kier molecular flexibility index (Phi) is 7.63. The van der Waals surface area contributed by atoms with Gasteiger partial charge in [-0.1, -0.05) is 19.1 Å². The molecule has 0 saturated carbocycles. The van der Waals surface area contributed by atoms with Crippen LogP contribution in [0.3, 0.4) is 0 Å². The molecule has 0 spiro atoms. The molecule has 0 bridgehead atoms. The van der Waals surface area contributed by atoms with Gasteiger partial charge in [-0.2, -0.15) is 13.2 Å². The Labute approximate surface area is 191 Å². The molecule has 1 fully saturated rings. The maximum Gasteiger partial charge on any atom is 0.416 e. The highest BCUT2D eigenvalue weighted by Crippen LogP contribution is 2.31. The summed E-state index contributed by atoms with van der Waals surface area (Å²) in [5, 5.41) is 2.78. The van der Waals surface area contributed by atoms with Crippen LogP contribution in [0.15, 0.2) is 42.5 Å². The van der Waals surface area contributed by atoms with Gasteiger partial charge in [-0.3, -0.25) is 9.59 Å². The van der Waals surface area contributed by atoms with E-state index >= 15 is 0 Å². The number of carbonyl (C=O) groups is 2. The molecule has 1 heterocycles. The average Bonchev–Trinajstić information content (AvgIpc) is 2.78. The van der Waals surface area contributed by atoms with Gasteiger partial charge in [0.2, 0.25) is 5.91 Å². The number of anilines is 1. The van der Waals surface area contributed by atoms with Gasteiger partial charge >= 0.3 is 6.18 Å². The van der Waals surface area contributed by atoms with E-state index in [2.05, 4.69) is 10.2 Å². The van der Waals surface area contributed by atoms with Gasteiger partial charge in [0.15, 0.2) is 0 Å². The number of likely N-dealkylation sites (N-methyl/N-ethyl adjacent to an activating group) is 1. The first-order chi connectivity index (χ1) is 15.6. The normalized spacial score (nSPS) is 15.8. The van der Waals surface area contributed by atoms with Crippen LogP contribution in [-0.4, -0.2) is 62.0 Å². The van der Waals surface area contributed by atoms with E-state index in [-0.39, 0.29) is 24.2 Å². The molecule has 178 valence electrons. The molecule has 3 rings (SSSR count). The molecule has 33 heavy (non-hydrogen) atoms. The highest BCUT2D eigenvalue weighted by molar-refractivity contribution is 5.98. The fourth-order valence-corrected chi connectivity index (χ4v) is 3.73. The molecule has 9 heteroatoms. The summed E-state index contributed by atoms with van der Waals surface area (Å²) in [4.78, 5) is 29.5. The van der Waals surface area contributed by atoms with Gasteiger partial charge in [0.1, 0.15) is 5.75 Å². The predicted octanol–water partition coefficient (Wildman–Crippen LogP) is 4.23. The summed E-state index contributed by atoms with van der Waals surface area (Å²) in [5.74, 6) is -0.321. The molecule has 1 aliphatic rings. The first-order valence-corrected chi connectivity index (χ1v) is 10.7. The molecule has 1 N–H and O–H groups in total. The van der Waals surface area contributed by atoms with Crippen LogP contribution in [0, 0.1) is 0 Å². The second-order valence-corrected chi connectivity index (χ2v) is 8.28. The van der Waals surface area contributed by atoms with Crippen molar-refractivity contribution in [3.8, 4) is 5.75 Å². The zero-order chi connectivity index (χ0) is 24.2. The molecule has 1 aliphatic heterocycles. The summed E-state index contributed by atoms with van der Waals surface area (Å²) in [5.41, 5.74) is 0.729. The first-order valence-electron chi connectivity index (χ1n) is 10.7. The van der Waals surface area contributed by atoms with Crippen molar-refractivity contribution >= 4 is 17.5 Å². The molecule has 2 amide bonds. The summed E-state index contributed by atoms with van der Waals surface area (Å²) in [7, 11) is 3.48. The Balaban J connectivity index is 1.68. The smallest absolute Gasteiger partial charge is 0.416 e. The maximum absolute atomic E-state index is 12.9. The van der Waals surface area contributed by atoms with E-state index in [4.69, 9.17) is 4.74 Å². The number of benzene rings is 2. The van der Waals surface area contributed by atoms with Crippen LogP contribution in [0.4, 0.5) is 18.9 Å². The van der Waals surface area contributed by atoms with Gasteiger partial charge in [0.25, 0.3) is 5.91 Å². The summed E-state index contributed by atoms with van der Waals surface area (Å²) >= 11 is 0. The number of methoxy groups -OCH3 is 1. The number of carbonyl (C=O) groups excluding carboxylic acids is 2. The minimum Gasteiger partial charge on any atom is -0.495 e. The monoisotopic (exact) mass is 463 g/mol. The molecular formula is C24H28F3N3O3. The Hall–Kier alpha value is -3.07. The van der Waals surface area contributed by atoms with Crippen molar-refractivity contribution in [1.29, 1.82) is 0 Å². The topological polar surface area (TPSA) is 61.9 Å². The summed E-state index contributed by atoms with van der Waals surface area (Å²) in [6, 6.07) is 9.70. The van der Waals surface area contributed by atoms with Crippen molar-refractivity contribution in [3.63, 3.8) is 0 Å². The minimum atomic E-state index is -4.40. The highest BCUT2D eigenvalue weighted by atomic mass is 19.4. The van der Waals surface area contributed by atoms with E-state index in [1.54, 1.807) is 30.0 Å². The largest absolute Gasteiger partial charge is 0.495 e. The number of alkyl halides is 3. The van der Waals surface area contributed by atoms with Crippen LogP contribution in [-0.2, 0) is 11.0 Å². The van der Waals surface area contributed by atoms with Crippen molar-refractivity contribution in [2.45, 2.75) is 25.4 Å². The average molecular weight is 464 g/mol. The third-order valence-electron chi connectivity index (χ3n) is 5.81. The second-order valence-electron chi connectivity index (χ2n) is 8.28. The van der Waals surface area contributed by atoms with Gasteiger partial charge in [-0.15, -0.1) is 0 Å². The fourth-order valence-electron chi connectivity index (χ4n) is 3.73. The Morgan fingerprint density at radius 2 is 1.70 bits per heavy atom. The van der Waals surface area contributed by atoms with E-state index < -0.39 is 11.7 Å². The predicted molar refractivity (Wildman–Crippen MR) is 120 cm³/mol. The molecule has 0 radical (unpaired) electrons. The van der Waals surface area contributed by atoms with E-state index in [0.29, 0.717) is 35.7 Å². The number of nitrogens with one attached hydrogen (secondary N) is 1. The number of rotatable bonds is 6. The third-order valence-corrected chi connectivity index (χ3v) is 5.81. The SMILES string of the molecule is COc1ccc(C(=O)N2CCN(C)CC2)cc1NC(=O)CC(C)c1ccc(C(F)(F)F)cc1. The van der Waals surface area contributed by atoms with Crippen molar-refractivity contribution in [3.05, 3.63) is 59.2 Å². The molecule has 0 aliphatic carbocycles. The quantitative estimate of drug-likeness (QED) is 0.697. The number of amides is 2. The van der Waals surface area contributed by atoms with E-state index in [0.717, 1.165) is 25.2 Å². The number of halogens is 3. The van der Waals surface area contributed by atoms with Gasteiger partial charge in [0, 0.05) is 38.2 Å². The Morgan fingerprint density at radius 1 is 1.06 bits per heavy atom. The number of hydrogen-bond donors (Lipinski definition) is 1. The van der Waals surface area contributed by atoms with Crippen LogP contribution in [0.2, 0.25) is 0 Å². The van der Waals surface area contributed by atoms with Crippen molar-refractivity contribution in [1.82, 2.24) is 9.80 Å². The van der Waals surface area contributed by atoms with Crippen LogP contribution >= 0.6 is 0 Å². The lowest BCUT2D eigenvalue weighted by molar-refractivity contribution is -0.137. The number of hydrogen-bond acceptors (Lipinski definition) is 4. The van der Waals surface area contributed by atoms with Crippen LogP contribution < -0.4 is 10.1 Å². The lowest BCUT2D eigenvalue weighted by atomic mass is 9.96. The van der Waals surface area contributed by atoms with Crippen molar-refractivity contribution in [2.24, 2.45) is 0 Å². The van der Waals surface area contributed by atoms with Crippen molar-refractivity contribution < 1.29 is 27.5 Å². The van der Waals surface area contributed by atoms with Crippen LogP contribution in [0.25, 0.3) is 0 Å². The van der Waals surface area contributed by atoms with Gasteiger partial charge < -0.3 is 19.9 Å². The molecule has 1 unspecified atom stereocenters. The molecule has 1 atom stereocenters. The second kappa shape index (κ2) is 10.2. The Bertz CT molecular complexity index is 985. The highest BCUT2D eigenvalue weighted by Gasteiger charge is 2.30. The number of piperazine rings is 1. The summed E-state index contributed by atoms with van der Waals surface area (Å²) < 4.78 is 43.6. The molecule has 2 aromatic rings. The third kappa shape index (κ3) is 6.25. The van der Waals surface area contributed by atoms with E-state index in [9.17, 15) is 22.8 Å².